The number of thiophene rings is 1. The van der Waals surface area contributed by atoms with Gasteiger partial charge < -0.3 is 15.2 Å². The fourth-order valence-corrected chi connectivity index (χ4v) is 2.97. The van der Waals surface area contributed by atoms with Gasteiger partial charge in [-0.1, -0.05) is 24.2 Å². The Kier molecular flexibility index (Phi) is 5.92. The SMILES string of the molecule is CCNCc1cccc(NC(=O)CCc2nc(-c3ccsc3)no2)c1. The molecule has 6 nitrogen and oxygen atoms in total. The molecule has 0 spiro atoms. The first-order valence-corrected chi connectivity index (χ1v) is 9.13. The van der Waals surface area contributed by atoms with E-state index in [1.165, 1.54) is 0 Å². The Labute approximate surface area is 150 Å². The zero-order chi connectivity index (χ0) is 17.5. The smallest absolute Gasteiger partial charge is 0.227 e. The fraction of sp³-hybridized carbons (Fsp3) is 0.278. The summed E-state index contributed by atoms with van der Waals surface area (Å²) in [7, 11) is 0. The topological polar surface area (TPSA) is 80.0 Å². The van der Waals surface area contributed by atoms with E-state index in [2.05, 4.69) is 27.7 Å². The van der Waals surface area contributed by atoms with Crippen LogP contribution in [-0.2, 0) is 17.8 Å². The van der Waals surface area contributed by atoms with Crippen molar-refractivity contribution in [3.63, 3.8) is 0 Å². The molecule has 0 unspecified atom stereocenters. The third-order valence-electron chi connectivity index (χ3n) is 3.60. The van der Waals surface area contributed by atoms with Gasteiger partial charge in [0, 0.05) is 36.0 Å². The van der Waals surface area contributed by atoms with Crippen LogP contribution < -0.4 is 10.6 Å². The Bertz CT molecular complexity index is 814. The summed E-state index contributed by atoms with van der Waals surface area (Å²) < 4.78 is 5.21. The average Bonchev–Trinajstić information content (AvgIpc) is 3.29. The summed E-state index contributed by atoms with van der Waals surface area (Å²) in [6.45, 7) is 3.76. The second kappa shape index (κ2) is 8.55. The highest BCUT2D eigenvalue weighted by Gasteiger charge is 2.11. The Hall–Kier alpha value is -2.51. The van der Waals surface area contributed by atoms with Crippen LogP contribution in [0.2, 0.25) is 0 Å². The number of carbonyl (C=O) groups is 1. The van der Waals surface area contributed by atoms with Crippen LogP contribution in [0.1, 0.15) is 24.8 Å². The number of rotatable bonds is 8. The van der Waals surface area contributed by atoms with Gasteiger partial charge in [0.15, 0.2) is 0 Å². The Balaban J connectivity index is 1.51. The maximum Gasteiger partial charge on any atom is 0.227 e. The van der Waals surface area contributed by atoms with Crippen molar-refractivity contribution in [2.75, 3.05) is 11.9 Å². The summed E-state index contributed by atoms with van der Waals surface area (Å²) in [5, 5.41) is 14.0. The molecule has 0 aliphatic heterocycles. The molecular weight excluding hydrogens is 336 g/mol. The maximum atomic E-state index is 12.1. The highest BCUT2D eigenvalue weighted by atomic mass is 32.1. The average molecular weight is 356 g/mol. The Morgan fingerprint density at radius 1 is 1.32 bits per heavy atom. The molecule has 2 N–H and O–H groups in total. The third kappa shape index (κ3) is 4.98. The van der Waals surface area contributed by atoms with Gasteiger partial charge >= 0.3 is 0 Å². The molecule has 0 radical (unpaired) electrons. The van der Waals surface area contributed by atoms with Gasteiger partial charge in [0.1, 0.15) is 0 Å². The number of hydrogen-bond acceptors (Lipinski definition) is 6. The lowest BCUT2D eigenvalue weighted by Crippen LogP contribution is -2.14. The third-order valence-corrected chi connectivity index (χ3v) is 4.29. The molecule has 3 aromatic rings. The van der Waals surface area contributed by atoms with Crippen LogP contribution in [0.15, 0.2) is 45.6 Å². The molecule has 2 aromatic heterocycles. The van der Waals surface area contributed by atoms with E-state index >= 15 is 0 Å². The van der Waals surface area contributed by atoms with E-state index < -0.39 is 0 Å². The van der Waals surface area contributed by atoms with Crippen molar-refractivity contribution >= 4 is 22.9 Å². The number of aromatic nitrogens is 2. The normalized spacial score (nSPS) is 10.8. The molecule has 130 valence electrons. The molecule has 3 rings (SSSR count). The summed E-state index contributed by atoms with van der Waals surface area (Å²) in [5.41, 5.74) is 2.86. The zero-order valence-electron chi connectivity index (χ0n) is 14.0. The minimum Gasteiger partial charge on any atom is -0.339 e. The molecule has 1 aromatic carbocycles. The van der Waals surface area contributed by atoms with Gasteiger partial charge in [0.25, 0.3) is 0 Å². The Morgan fingerprint density at radius 3 is 3.04 bits per heavy atom. The molecule has 7 heteroatoms. The van der Waals surface area contributed by atoms with Crippen LogP contribution in [0.25, 0.3) is 11.4 Å². The number of hydrogen-bond donors (Lipinski definition) is 2. The van der Waals surface area contributed by atoms with E-state index in [-0.39, 0.29) is 5.91 Å². The highest BCUT2D eigenvalue weighted by molar-refractivity contribution is 7.08. The summed E-state index contributed by atoms with van der Waals surface area (Å²) in [6, 6.07) is 9.76. The van der Waals surface area contributed by atoms with Crippen LogP contribution in [0.4, 0.5) is 5.69 Å². The van der Waals surface area contributed by atoms with E-state index in [0.717, 1.165) is 29.9 Å². The molecule has 0 aliphatic rings. The summed E-state index contributed by atoms with van der Waals surface area (Å²) in [4.78, 5) is 16.5. The number of anilines is 1. The molecule has 1 amide bonds. The van der Waals surface area contributed by atoms with E-state index in [4.69, 9.17) is 4.52 Å². The van der Waals surface area contributed by atoms with Crippen LogP contribution in [-0.4, -0.2) is 22.6 Å². The zero-order valence-corrected chi connectivity index (χ0v) is 14.8. The minimum absolute atomic E-state index is 0.0733. The van der Waals surface area contributed by atoms with E-state index in [0.29, 0.717) is 24.6 Å². The first-order valence-electron chi connectivity index (χ1n) is 8.19. The van der Waals surface area contributed by atoms with Crippen LogP contribution in [0.3, 0.4) is 0 Å². The fourth-order valence-electron chi connectivity index (χ4n) is 2.34. The number of nitrogens with one attached hydrogen (secondary N) is 2. The molecule has 0 atom stereocenters. The number of amides is 1. The predicted molar refractivity (Wildman–Crippen MR) is 98.4 cm³/mol. The lowest BCUT2D eigenvalue weighted by atomic mass is 10.2. The first-order chi connectivity index (χ1) is 12.2. The van der Waals surface area contributed by atoms with Crippen molar-refractivity contribution in [2.45, 2.75) is 26.3 Å². The van der Waals surface area contributed by atoms with Crippen LogP contribution in [0, 0.1) is 0 Å². The largest absolute Gasteiger partial charge is 0.339 e. The van der Waals surface area contributed by atoms with Crippen molar-refractivity contribution in [2.24, 2.45) is 0 Å². The Morgan fingerprint density at radius 2 is 2.24 bits per heavy atom. The van der Waals surface area contributed by atoms with Gasteiger partial charge in [0.2, 0.25) is 17.6 Å². The number of nitrogens with zero attached hydrogens (tertiary/aromatic N) is 2. The first kappa shape index (κ1) is 17.3. The quantitative estimate of drug-likeness (QED) is 0.646. The maximum absolute atomic E-state index is 12.1. The van der Waals surface area contributed by atoms with Crippen LogP contribution >= 0.6 is 11.3 Å². The van der Waals surface area contributed by atoms with Gasteiger partial charge in [0.05, 0.1) is 0 Å². The molecule has 0 saturated carbocycles. The van der Waals surface area contributed by atoms with Crippen molar-refractivity contribution in [3.8, 4) is 11.4 Å². The van der Waals surface area contributed by atoms with Crippen LogP contribution in [0.5, 0.6) is 0 Å². The lowest BCUT2D eigenvalue weighted by Gasteiger charge is -2.07. The standard InChI is InChI=1S/C18H20N4O2S/c1-2-19-11-13-4-3-5-15(10-13)20-16(23)6-7-17-21-18(22-24-17)14-8-9-25-12-14/h3-5,8-10,12,19H,2,6-7,11H2,1H3,(H,20,23). The van der Waals surface area contributed by atoms with Gasteiger partial charge in [-0.05, 0) is 35.7 Å². The second-order valence-electron chi connectivity index (χ2n) is 5.55. The number of benzene rings is 1. The number of carbonyl (C=O) groups excluding carboxylic acids is 1. The van der Waals surface area contributed by atoms with Crippen molar-refractivity contribution in [1.82, 2.24) is 15.5 Å². The molecule has 2 heterocycles. The molecule has 25 heavy (non-hydrogen) atoms. The van der Waals surface area contributed by atoms with Gasteiger partial charge in [-0.25, -0.2) is 0 Å². The van der Waals surface area contributed by atoms with Gasteiger partial charge in [-0.3, -0.25) is 4.79 Å². The lowest BCUT2D eigenvalue weighted by molar-refractivity contribution is -0.116. The number of aryl methyl sites for hydroxylation is 1. The monoisotopic (exact) mass is 356 g/mol. The van der Waals surface area contributed by atoms with E-state index in [9.17, 15) is 4.79 Å². The summed E-state index contributed by atoms with van der Waals surface area (Å²) >= 11 is 1.58. The summed E-state index contributed by atoms with van der Waals surface area (Å²) in [6.07, 6.45) is 0.711. The molecule has 0 saturated heterocycles. The van der Waals surface area contributed by atoms with Crippen molar-refractivity contribution in [3.05, 3.63) is 52.5 Å². The molecule has 0 aliphatic carbocycles. The minimum atomic E-state index is -0.0733. The predicted octanol–water partition coefficient (Wildman–Crippen LogP) is 3.48. The van der Waals surface area contributed by atoms with E-state index in [1.54, 1.807) is 11.3 Å². The van der Waals surface area contributed by atoms with Gasteiger partial charge in [-0.2, -0.15) is 16.3 Å². The van der Waals surface area contributed by atoms with E-state index in [1.807, 2.05) is 41.1 Å². The molecule has 0 fully saturated rings. The van der Waals surface area contributed by atoms with Crippen molar-refractivity contribution < 1.29 is 9.32 Å². The molecular formula is C18H20N4O2S. The second-order valence-corrected chi connectivity index (χ2v) is 6.33. The summed E-state index contributed by atoms with van der Waals surface area (Å²) in [5.74, 6) is 0.959. The van der Waals surface area contributed by atoms with Gasteiger partial charge in [-0.15, -0.1) is 0 Å². The molecule has 0 bridgehead atoms. The van der Waals surface area contributed by atoms with Crippen molar-refractivity contribution in [1.29, 1.82) is 0 Å². The highest BCUT2D eigenvalue weighted by Crippen LogP contribution is 2.19.